The zero-order valence-corrected chi connectivity index (χ0v) is 14.3. The Morgan fingerprint density at radius 3 is 2.62 bits per heavy atom. The Balaban J connectivity index is 2.05. The Morgan fingerprint density at radius 1 is 1.29 bits per heavy atom. The highest BCUT2D eigenvalue weighted by atomic mass is 79.9. The molecule has 0 saturated carbocycles. The molecule has 0 aliphatic carbocycles. The normalized spacial score (nSPS) is 11.2. The Morgan fingerprint density at radius 2 is 2.05 bits per heavy atom. The van der Waals surface area contributed by atoms with Gasteiger partial charge in [-0.05, 0) is 46.3 Å². The van der Waals surface area contributed by atoms with E-state index in [4.69, 9.17) is 11.6 Å². The van der Waals surface area contributed by atoms with Gasteiger partial charge in [0.1, 0.15) is 0 Å². The van der Waals surface area contributed by atoms with Gasteiger partial charge in [0.05, 0.1) is 29.2 Å². The van der Waals surface area contributed by atoms with Crippen LogP contribution >= 0.6 is 27.5 Å². The summed E-state index contributed by atoms with van der Waals surface area (Å²) in [4.78, 5) is 4.25. The molecule has 2 rings (SSSR count). The summed E-state index contributed by atoms with van der Waals surface area (Å²) < 4.78 is 25.6. The van der Waals surface area contributed by atoms with Gasteiger partial charge in [-0.15, -0.1) is 0 Å². The lowest BCUT2D eigenvalue weighted by atomic mass is 10.2. The monoisotopic (exact) mass is 389 g/mol. The van der Waals surface area contributed by atoms with E-state index in [1.54, 1.807) is 24.4 Å². The van der Waals surface area contributed by atoms with Gasteiger partial charge in [-0.3, -0.25) is 9.71 Å². The minimum atomic E-state index is -3.34. The van der Waals surface area contributed by atoms with Crippen LogP contribution in [-0.2, 0) is 16.6 Å². The molecule has 0 aliphatic heterocycles. The minimum Gasteiger partial charge on any atom is -0.379 e. The summed E-state index contributed by atoms with van der Waals surface area (Å²) in [5.74, 6) is 0. The van der Waals surface area contributed by atoms with Gasteiger partial charge in [-0.25, -0.2) is 8.42 Å². The van der Waals surface area contributed by atoms with Crippen molar-refractivity contribution in [3.63, 3.8) is 0 Å². The number of hydrogen-bond acceptors (Lipinski definition) is 4. The third-order valence-electron chi connectivity index (χ3n) is 2.53. The molecule has 8 heteroatoms. The summed E-state index contributed by atoms with van der Waals surface area (Å²) in [6, 6.07) is 8.83. The zero-order valence-electron chi connectivity index (χ0n) is 11.1. The van der Waals surface area contributed by atoms with Crippen molar-refractivity contribution < 1.29 is 8.42 Å². The maximum atomic E-state index is 11.2. The molecule has 2 aromatic rings. The second kappa shape index (κ2) is 6.64. The molecule has 112 valence electrons. The lowest BCUT2D eigenvalue weighted by Gasteiger charge is -2.10. The van der Waals surface area contributed by atoms with E-state index in [0.29, 0.717) is 17.3 Å². The lowest BCUT2D eigenvalue weighted by Crippen LogP contribution is -2.10. The topological polar surface area (TPSA) is 71.1 Å². The SMILES string of the molecule is CS(=O)(=O)Nc1ccc(NCc2ccc(Br)cn2)cc1Cl. The van der Waals surface area contributed by atoms with Gasteiger partial charge in [0.2, 0.25) is 10.0 Å². The third kappa shape index (κ3) is 5.18. The fraction of sp³-hybridized carbons (Fsp3) is 0.154. The molecular weight excluding hydrogens is 378 g/mol. The van der Waals surface area contributed by atoms with Gasteiger partial charge in [0, 0.05) is 16.4 Å². The van der Waals surface area contributed by atoms with Gasteiger partial charge < -0.3 is 5.32 Å². The van der Waals surface area contributed by atoms with Crippen LogP contribution in [0, 0.1) is 0 Å². The first kappa shape index (κ1) is 16.1. The van der Waals surface area contributed by atoms with E-state index in [1.807, 2.05) is 12.1 Å². The second-order valence-corrected chi connectivity index (χ2v) is 7.46. The maximum absolute atomic E-state index is 11.2. The molecule has 5 nitrogen and oxygen atoms in total. The van der Waals surface area contributed by atoms with Crippen molar-refractivity contribution in [2.24, 2.45) is 0 Å². The average Bonchev–Trinajstić information content (AvgIpc) is 2.40. The summed E-state index contributed by atoms with van der Waals surface area (Å²) in [5, 5.41) is 3.50. The summed E-state index contributed by atoms with van der Waals surface area (Å²) in [7, 11) is -3.34. The Hall–Kier alpha value is -1.31. The molecule has 0 atom stereocenters. The fourth-order valence-electron chi connectivity index (χ4n) is 1.61. The molecule has 0 aliphatic rings. The van der Waals surface area contributed by atoms with Gasteiger partial charge in [0.25, 0.3) is 0 Å². The largest absolute Gasteiger partial charge is 0.379 e. The number of halogens is 2. The van der Waals surface area contributed by atoms with Crippen molar-refractivity contribution in [1.29, 1.82) is 0 Å². The van der Waals surface area contributed by atoms with Crippen LogP contribution in [0.5, 0.6) is 0 Å². The number of hydrogen-bond donors (Lipinski definition) is 2. The van der Waals surface area contributed by atoms with E-state index in [2.05, 4.69) is 31.0 Å². The van der Waals surface area contributed by atoms with Crippen molar-refractivity contribution in [1.82, 2.24) is 4.98 Å². The van der Waals surface area contributed by atoms with Crippen LogP contribution in [0.25, 0.3) is 0 Å². The van der Waals surface area contributed by atoms with Crippen LogP contribution in [0.4, 0.5) is 11.4 Å². The number of aromatic nitrogens is 1. The summed E-state index contributed by atoms with van der Waals surface area (Å²) in [6.45, 7) is 0.544. The number of nitrogens with zero attached hydrogens (tertiary/aromatic N) is 1. The molecule has 0 radical (unpaired) electrons. The van der Waals surface area contributed by atoms with Crippen LogP contribution in [0.15, 0.2) is 41.0 Å². The first-order valence-corrected chi connectivity index (χ1v) is 9.01. The van der Waals surface area contributed by atoms with Gasteiger partial charge in [0.15, 0.2) is 0 Å². The van der Waals surface area contributed by atoms with Crippen molar-refractivity contribution in [3.8, 4) is 0 Å². The zero-order chi connectivity index (χ0) is 15.5. The van der Waals surface area contributed by atoms with Crippen LogP contribution in [0.3, 0.4) is 0 Å². The van der Waals surface area contributed by atoms with E-state index in [1.165, 1.54) is 0 Å². The number of rotatable bonds is 5. The molecule has 21 heavy (non-hydrogen) atoms. The number of sulfonamides is 1. The number of anilines is 2. The smallest absolute Gasteiger partial charge is 0.229 e. The molecule has 2 N–H and O–H groups in total. The predicted octanol–water partition coefficient (Wildman–Crippen LogP) is 3.48. The average molecular weight is 391 g/mol. The molecule has 0 saturated heterocycles. The van der Waals surface area contributed by atoms with E-state index < -0.39 is 10.0 Å². The molecule has 0 bridgehead atoms. The molecule has 1 aromatic heterocycles. The Bertz CT molecular complexity index is 736. The Labute approximate surface area is 136 Å². The second-order valence-electron chi connectivity index (χ2n) is 4.39. The minimum absolute atomic E-state index is 0.328. The number of nitrogens with one attached hydrogen (secondary N) is 2. The Kier molecular flexibility index (Phi) is 5.08. The van der Waals surface area contributed by atoms with E-state index in [-0.39, 0.29) is 0 Å². The number of benzene rings is 1. The number of pyridine rings is 1. The molecule has 0 unspecified atom stereocenters. The van der Waals surface area contributed by atoms with Crippen molar-refractivity contribution in [3.05, 3.63) is 51.7 Å². The highest BCUT2D eigenvalue weighted by Crippen LogP contribution is 2.26. The highest BCUT2D eigenvalue weighted by Gasteiger charge is 2.07. The van der Waals surface area contributed by atoms with Crippen LogP contribution < -0.4 is 10.0 Å². The van der Waals surface area contributed by atoms with Crippen molar-refractivity contribution >= 4 is 48.9 Å². The van der Waals surface area contributed by atoms with E-state index in [9.17, 15) is 8.42 Å². The van der Waals surface area contributed by atoms with E-state index in [0.717, 1.165) is 22.1 Å². The van der Waals surface area contributed by atoms with Crippen molar-refractivity contribution in [2.75, 3.05) is 16.3 Å². The van der Waals surface area contributed by atoms with Crippen LogP contribution in [-0.4, -0.2) is 19.7 Å². The predicted molar refractivity (Wildman–Crippen MR) is 89.2 cm³/mol. The van der Waals surface area contributed by atoms with Crippen LogP contribution in [0.2, 0.25) is 5.02 Å². The standard InChI is InChI=1S/C13H13BrClN3O2S/c1-21(19,20)18-13-5-4-10(6-12(13)15)17-8-11-3-2-9(14)7-16-11/h2-7,17-18H,8H2,1H3. The summed E-state index contributed by atoms with van der Waals surface area (Å²) in [5.41, 5.74) is 2.02. The quantitative estimate of drug-likeness (QED) is 0.820. The molecule has 0 fully saturated rings. The molecular formula is C13H13BrClN3O2S. The first-order valence-electron chi connectivity index (χ1n) is 5.95. The van der Waals surface area contributed by atoms with Gasteiger partial charge in [-0.1, -0.05) is 11.6 Å². The summed E-state index contributed by atoms with van der Waals surface area (Å²) >= 11 is 9.38. The summed E-state index contributed by atoms with van der Waals surface area (Å²) in [6.07, 6.45) is 2.80. The fourth-order valence-corrected chi connectivity index (χ4v) is 2.71. The molecule has 0 spiro atoms. The third-order valence-corrected chi connectivity index (χ3v) is 3.90. The maximum Gasteiger partial charge on any atom is 0.229 e. The van der Waals surface area contributed by atoms with E-state index >= 15 is 0 Å². The molecule has 1 heterocycles. The van der Waals surface area contributed by atoms with Gasteiger partial charge in [-0.2, -0.15) is 0 Å². The first-order chi connectivity index (χ1) is 9.83. The molecule has 1 aromatic carbocycles. The van der Waals surface area contributed by atoms with Gasteiger partial charge >= 0.3 is 0 Å². The van der Waals surface area contributed by atoms with Crippen LogP contribution in [0.1, 0.15) is 5.69 Å². The molecule has 0 amide bonds. The highest BCUT2D eigenvalue weighted by molar-refractivity contribution is 9.10. The lowest BCUT2D eigenvalue weighted by molar-refractivity contribution is 0.607. The van der Waals surface area contributed by atoms with Crippen molar-refractivity contribution in [2.45, 2.75) is 6.54 Å².